The second-order valence-corrected chi connectivity index (χ2v) is 4.56. The van der Waals surface area contributed by atoms with Crippen molar-refractivity contribution in [2.75, 3.05) is 13.7 Å². The first-order chi connectivity index (χ1) is 8.23. The van der Waals surface area contributed by atoms with Gasteiger partial charge in [-0.15, -0.1) is 0 Å². The van der Waals surface area contributed by atoms with Crippen molar-refractivity contribution >= 4 is 0 Å². The Morgan fingerprint density at radius 2 is 1.67 bits per heavy atom. The lowest BCUT2D eigenvalue weighted by Crippen LogP contribution is -2.38. The maximum atomic E-state index is 12.9. The molecule has 0 amide bonds. The van der Waals surface area contributed by atoms with Gasteiger partial charge in [-0.3, -0.25) is 0 Å². The SMILES string of the molecule is COCC(O)(c1ccccc1C(F)(F)F)C(C)C. The van der Waals surface area contributed by atoms with Gasteiger partial charge in [-0.2, -0.15) is 13.2 Å². The zero-order chi connectivity index (χ0) is 14.0. The molecule has 1 unspecified atom stereocenters. The normalized spacial score (nSPS) is 15.8. The van der Waals surface area contributed by atoms with Crippen LogP contribution in [0.3, 0.4) is 0 Å². The Morgan fingerprint density at radius 1 is 1.17 bits per heavy atom. The molecule has 2 nitrogen and oxygen atoms in total. The molecule has 1 rings (SSSR count). The van der Waals surface area contributed by atoms with Crippen molar-refractivity contribution in [3.8, 4) is 0 Å². The van der Waals surface area contributed by atoms with E-state index >= 15 is 0 Å². The van der Waals surface area contributed by atoms with Crippen LogP contribution in [0.4, 0.5) is 13.2 Å². The monoisotopic (exact) mass is 262 g/mol. The van der Waals surface area contributed by atoms with E-state index in [1.54, 1.807) is 13.8 Å². The predicted molar refractivity (Wildman–Crippen MR) is 62.1 cm³/mol. The standard InChI is InChI=1S/C13H17F3O2/c1-9(2)12(17,8-18-3)10-6-4-5-7-11(10)13(14,15)16/h4-7,9,17H,8H2,1-3H3. The molecule has 0 fully saturated rings. The summed E-state index contributed by atoms with van der Waals surface area (Å²) in [5.41, 5.74) is -2.62. The minimum atomic E-state index is -4.49. The molecule has 0 radical (unpaired) electrons. The minimum absolute atomic E-state index is 0.144. The summed E-state index contributed by atoms with van der Waals surface area (Å²) in [4.78, 5) is 0. The average molecular weight is 262 g/mol. The Bertz CT molecular complexity index is 401. The van der Waals surface area contributed by atoms with Gasteiger partial charge in [0.25, 0.3) is 0 Å². The third-order valence-corrected chi connectivity index (χ3v) is 3.02. The molecule has 0 aliphatic carbocycles. The summed E-state index contributed by atoms with van der Waals surface area (Å²) < 4.78 is 43.7. The van der Waals surface area contributed by atoms with Crippen LogP contribution in [0.2, 0.25) is 0 Å². The fraction of sp³-hybridized carbons (Fsp3) is 0.538. The number of hydrogen-bond donors (Lipinski definition) is 1. The molecule has 5 heteroatoms. The van der Waals surface area contributed by atoms with E-state index in [0.717, 1.165) is 6.07 Å². The summed E-state index contributed by atoms with van der Waals surface area (Å²) in [6, 6.07) is 5.05. The highest BCUT2D eigenvalue weighted by Gasteiger charge is 2.42. The molecule has 0 saturated heterocycles. The number of alkyl halides is 3. The Morgan fingerprint density at radius 3 is 2.06 bits per heavy atom. The van der Waals surface area contributed by atoms with E-state index < -0.39 is 23.3 Å². The van der Waals surface area contributed by atoms with Crippen molar-refractivity contribution in [3.63, 3.8) is 0 Å². The van der Waals surface area contributed by atoms with E-state index in [1.165, 1.54) is 25.3 Å². The number of aliphatic hydroxyl groups is 1. The summed E-state index contributed by atoms with van der Waals surface area (Å²) >= 11 is 0. The van der Waals surface area contributed by atoms with Crippen molar-refractivity contribution in [1.29, 1.82) is 0 Å². The molecular formula is C13H17F3O2. The Balaban J connectivity index is 3.38. The van der Waals surface area contributed by atoms with Gasteiger partial charge < -0.3 is 9.84 Å². The Hall–Kier alpha value is -1.07. The number of ether oxygens (including phenoxy) is 1. The average Bonchev–Trinajstić information content (AvgIpc) is 2.28. The summed E-state index contributed by atoms with van der Waals surface area (Å²) in [5.74, 6) is -0.402. The van der Waals surface area contributed by atoms with Gasteiger partial charge >= 0.3 is 6.18 Å². The lowest BCUT2D eigenvalue weighted by molar-refractivity contribution is -0.144. The molecule has 1 aromatic carbocycles. The molecule has 1 atom stereocenters. The number of hydrogen-bond acceptors (Lipinski definition) is 2. The Kier molecular flexibility index (Phi) is 4.40. The van der Waals surface area contributed by atoms with Gasteiger partial charge in [-0.05, 0) is 17.5 Å². The van der Waals surface area contributed by atoms with Crippen molar-refractivity contribution in [2.24, 2.45) is 5.92 Å². The van der Waals surface area contributed by atoms with E-state index in [1.807, 2.05) is 0 Å². The number of benzene rings is 1. The molecule has 18 heavy (non-hydrogen) atoms. The maximum Gasteiger partial charge on any atom is 0.416 e. The van der Waals surface area contributed by atoms with Crippen LogP contribution in [0.25, 0.3) is 0 Å². The van der Waals surface area contributed by atoms with Crippen LogP contribution in [0.5, 0.6) is 0 Å². The van der Waals surface area contributed by atoms with Gasteiger partial charge in [0, 0.05) is 7.11 Å². The van der Waals surface area contributed by atoms with Gasteiger partial charge in [0.15, 0.2) is 0 Å². The molecule has 0 aliphatic heterocycles. The largest absolute Gasteiger partial charge is 0.416 e. The van der Waals surface area contributed by atoms with Gasteiger partial charge in [-0.25, -0.2) is 0 Å². The topological polar surface area (TPSA) is 29.5 Å². The third-order valence-electron chi connectivity index (χ3n) is 3.02. The van der Waals surface area contributed by atoms with Gasteiger partial charge in [0.1, 0.15) is 5.60 Å². The van der Waals surface area contributed by atoms with Crippen molar-refractivity contribution in [2.45, 2.75) is 25.6 Å². The molecule has 1 N–H and O–H groups in total. The fourth-order valence-electron chi connectivity index (χ4n) is 1.88. The highest BCUT2D eigenvalue weighted by Crippen LogP contribution is 2.39. The van der Waals surface area contributed by atoms with E-state index in [9.17, 15) is 18.3 Å². The smallest absolute Gasteiger partial charge is 0.382 e. The van der Waals surface area contributed by atoms with Crippen LogP contribution in [0.1, 0.15) is 25.0 Å². The van der Waals surface area contributed by atoms with Crippen molar-refractivity contribution in [3.05, 3.63) is 35.4 Å². The van der Waals surface area contributed by atoms with Crippen LogP contribution in [0.15, 0.2) is 24.3 Å². The predicted octanol–water partition coefficient (Wildman–Crippen LogP) is 3.20. The van der Waals surface area contributed by atoms with E-state index in [2.05, 4.69) is 0 Å². The summed E-state index contributed by atoms with van der Waals surface area (Å²) in [7, 11) is 1.35. The first-order valence-corrected chi connectivity index (χ1v) is 5.61. The van der Waals surface area contributed by atoms with Crippen LogP contribution in [-0.2, 0) is 16.5 Å². The highest BCUT2D eigenvalue weighted by atomic mass is 19.4. The van der Waals surface area contributed by atoms with E-state index in [0.29, 0.717) is 0 Å². The summed E-state index contributed by atoms with van der Waals surface area (Å²) in [6.07, 6.45) is -4.49. The first-order valence-electron chi connectivity index (χ1n) is 5.61. The second-order valence-electron chi connectivity index (χ2n) is 4.56. The van der Waals surface area contributed by atoms with Crippen molar-refractivity contribution < 1.29 is 23.0 Å². The van der Waals surface area contributed by atoms with E-state index in [-0.39, 0.29) is 12.2 Å². The summed E-state index contributed by atoms with van der Waals surface area (Å²) in [6.45, 7) is 3.14. The zero-order valence-corrected chi connectivity index (χ0v) is 10.6. The van der Waals surface area contributed by atoms with Crippen molar-refractivity contribution in [1.82, 2.24) is 0 Å². The molecular weight excluding hydrogens is 245 g/mol. The maximum absolute atomic E-state index is 12.9. The Labute approximate surface area is 104 Å². The zero-order valence-electron chi connectivity index (χ0n) is 10.6. The van der Waals surface area contributed by atoms with Crippen LogP contribution >= 0.6 is 0 Å². The van der Waals surface area contributed by atoms with Crippen LogP contribution < -0.4 is 0 Å². The lowest BCUT2D eigenvalue weighted by atomic mass is 9.81. The molecule has 0 heterocycles. The molecule has 0 aromatic heterocycles. The molecule has 0 aliphatic rings. The fourth-order valence-corrected chi connectivity index (χ4v) is 1.88. The van der Waals surface area contributed by atoms with Crippen LogP contribution in [0, 0.1) is 5.92 Å². The molecule has 0 saturated carbocycles. The molecule has 0 bridgehead atoms. The molecule has 0 spiro atoms. The van der Waals surface area contributed by atoms with Gasteiger partial charge in [-0.1, -0.05) is 32.0 Å². The third kappa shape index (κ3) is 2.84. The van der Waals surface area contributed by atoms with Gasteiger partial charge in [0.2, 0.25) is 0 Å². The van der Waals surface area contributed by atoms with Crippen LogP contribution in [-0.4, -0.2) is 18.8 Å². The number of methoxy groups -OCH3 is 1. The second kappa shape index (κ2) is 5.28. The van der Waals surface area contributed by atoms with E-state index in [4.69, 9.17) is 4.74 Å². The number of rotatable bonds is 4. The number of halogens is 3. The quantitative estimate of drug-likeness (QED) is 0.903. The first kappa shape index (κ1) is 15.0. The molecule has 1 aromatic rings. The minimum Gasteiger partial charge on any atom is -0.382 e. The summed E-state index contributed by atoms with van der Waals surface area (Å²) in [5, 5.41) is 10.5. The van der Waals surface area contributed by atoms with Gasteiger partial charge in [0.05, 0.1) is 12.2 Å². The molecule has 102 valence electrons. The lowest BCUT2D eigenvalue weighted by Gasteiger charge is -2.34. The highest BCUT2D eigenvalue weighted by molar-refractivity contribution is 5.35.